The molecule has 1 aliphatic carbocycles. The van der Waals surface area contributed by atoms with Crippen LogP contribution in [0.2, 0.25) is 0 Å². The molecular formula is C20H31BrN4O2. The van der Waals surface area contributed by atoms with Crippen LogP contribution in [0.5, 0.6) is 5.88 Å². The summed E-state index contributed by atoms with van der Waals surface area (Å²) in [5, 5.41) is 11.9. The summed E-state index contributed by atoms with van der Waals surface area (Å²) in [5.74, 6) is 7.20. The monoisotopic (exact) mass is 438 g/mol. The van der Waals surface area contributed by atoms with Gasteiger partial charge in [-0.25, -0.2) is 10.8 Å². The first-order chi connectivity index (χ1) is 13.0. The number of hydrogen-bond acceptors (Lipinski definition) is 6. The molecule has 1 aliphatic rings. The molecule has 1 fully saturated rings. The summed E-state index contributed by atoms with van der Waals surface area (Å²) in [4.78, 5) is 4.29. The highest BCUT2D eigenvalue weighted by Gasteiger charge is 2.19. The molecule has 27 heavy (non-hydrogen) atoms. The van der Waals surface area contributed by atoms with E-state index in [9.17, 15) is 5.11 Å². The van der Waals surface area contributed by atoms with E-state index < -0.39 is 6.10 Å². The van der Waals surface area contributed by atoms with Crippen molar-refractivity contribution in [1.82, 2.24) is 9.99 Å². The Balaban J connectivity index is 2.00. The Morgan fingerprint density at radius 3 is 2.89 bits per heavy atom. The third kappa shape index (κ3) is 6.83. The smallest absolute Gasteiger partial charge is 0.219 e. The molecule has 6 nitrogen and oxygen atoms in total. The van der Waals surface area contributed by atoms with Gasteiger partial charge in [0.15, 0.2) is 0 Å². The van der Waals surface area contributed by atoms with Crippen LogP contribution in [0.3, 0.4) is 0 Å². The van der Waals surface area contributed by atoms with Crippen LogP contribution in [0.1, 0.15) is 57.1 Å². The van der Waals surface area contributed by atoms with Gasteiger partial charge in [-0.3, -0.25) is 0 Å². The van der Waals surface area contributed by atoms with Crippen molar-refractivity contribution in [3.05, 3.63) is 46.9 Å². The van der Waals surface area contributed by atoms with Gasteiger partial charge in [0.2, 0.25) is 5.88 Å². The molecule has 0 bridgehead atoms. The number of aromatic nitrogens is 1. The number of aliphatic hydroxyl groups excluding tert-OH is 1. The Kier molecular flexibility index (Phi) is 9.10. The molecule has 5 N–H and O–H groups in total. The average molecular weight is 439 g/mol. The van der Waals surface area contributed by atoms with Gasteiger partial charge in [0.25, 0.3) is 0 Å². The molecule has 1 aromatic heterocycles. The Hall–Kier alpha value is -1.57. The van der Waals surface area contributed by atoms with Crippen LogP contribution in [-0.2, 0) is 0 Å². The van der Waals surface area contributed by atoms with E-state index in [0.29, 0.717) is 34.7 Å². The fourth-order valence-corrected chi connectivity index (χ4v) is 3.59. The number of ether oxygens (including phenoxy) is 1. The van der Waals surface area contributed by atoms with Crippen molar-refractivity contribution in [2.24, 2.45) is 17.5 Å². The second-order valence-corrected chi connectivity index (χ2v) is 7.86. The first kappa shape index (κ1) is 21.7. The van der Waals surface area contributed by atoms with Crippen LogP contribution in [-0.4, -0.2) is 27.7 Å². The number of nitrogens with two attached hydrogens (primary N) is 2. The Bertz CT molecular complexity index is 632. The third-order valence-corrected chi connectivity index (χ3v) is 5.63. The summed E-state index contributed by atoms with van der Waals surface area (Å²) in [6.45, 7) is 2.79. The predicted octanol–water partition coefficient (Wildman–Crippen LogP) is 3.74. The average Bonchev–Trinajstić information content (AvgIpc) is 3.19. The quantitative estimate of drug-likeness (QED) is 0.380. The summed E-state index contributed by atoms with van der Waals surface area (Å²) in [6, 6.07) is 3.62. The number of hydrogen-bond donors (Lipinski definition) is 3. The number of rotatable bonds is 10. The summed E-state index contributed by atoms with van der Waals surface area (Å²) < 4.78 is 6.78. The van der Waals surface area contributed by atoms with E-state index in [1.54, 1.807) is 17.3 Å². The SMILES string of the molecule is CCC(O)c1cccnc1OC(C/C=C/N(N)CC1CCCC1)/C(Br)=C/N. The van der Waals surface area contributed by atoms with Crippen LogP contribution >= 0.6 is 15.9 Å². The molecule has 2 rings (SSSR count). The number of pyridine rings is 1. The van der Waals surface area contributed by atoms with Gasteiger partial charge in [0.1, 0.15) is 6.10 Å². The fraction of sp³-hybridized carbons (Fsp3) is 0.550. The van der Waals surface area contributed by atoms with E-state index in [1.165, 1.54) is 31.9 Å². The largest absolute Gasteiger partial charge is 0.468 e. The van der Waals surface area contributed by atoms with Crippen molar-refractivity contribution in [3.8, 4) is 5.88 Å². The molecular weight excluding hydrogens is 408 g/mol. The van der Waals surface area contributed by atoms with Crippen molar-refractivity contribution < 1.29 is 9.84 Å². The molecule has 0 radical (unpaired) electrons. The van der Waals surface area contributed by atoms with E-state index in [0.717, 1.165) is 6.54 Å². The van der Waals surface area contributed by atoms with E-state index in [1.807, 2.05) is 25.3 Å². The van der Waals surface area contributed by atoms with E-state index >= 15 is 0 Å². The molecule has 150 valence electrons. The molecule has 0 aromatic carbocycles. The van der Waals surface area contributed by atoms with E-state index in [2.05, 4.69) is 20.9 Å². The zero-order valence-electron chi connectivity index (χ0n) is 15.9. The van der Waals surface area contributed by atoms with E-state index in [-0.39, 0.29) is 6.10 Å². The van der Waals surface area contributed by atoms with Gasteiger partial charge in [0.05, 0.1) is 10.6 Å². The second-order valence-electron chi connectivity index (χ2n) is 6.95. The molecule has 0 aliphatic heterocycles. The van der Waals surface area contributed by atoms with Gasteiger partial charge >= 0.3 is 0 Å². The Labute approximate surface area is 170 Å². The standard InChI is InChI=1S/C20H31BrN4O2/c1-2-18(26)16-9-5-11-24-20(16)27-19(17(21)13-22)10-6-12-25(23)14-15-7-3-4-8-15/h5-6,9,11-13,15,18-19,26H,2-4,7-8,10,14,22-23H2,1H3/b12-6+,17-13-. The minimum atomic E-state index is -0.614. The highest BCUT2D eigenvalue weighted by Crippen LogP contribution is 2.28. The summed E-state index contributed by atoms with van der Waals surface area (Å²) in [6.07, 6.45) is 12.3. The highest BCUT2D eigenvalue weighted by atomic mass is 79.9. The van der Waals surface area contributed by atoms with Crippen molar-refractivity contribution in [2.45, 2.75) is 57.7 Å². The molecule has 1 aromatic rings. The maximum atomic E-state index is 10.2. The second kappa shape index (κ2) is 11.3. The minimum absolute atomic E-state index is 0.344. The first-order valence-electron chi connectivity index (χ1n) is 9.60. The third-order valence-electron chi connectivity index (χ3n) is 4.86. The number of aliphatic hydroxyl groups is 1. The van der Waals surface area contributed by atoms with Crippen LogP contribution in [0, 0.1) is 5.92 Å². The number of hydrazine groups is 1. The molecule has 1 heterocycles. The fourth-order valence-electron chi connectivity index (χ4n) is 3.31. The Morgan fingerprint density at radius 2 is 2.22 bits per heavy atom. The molecule has 0 spiro atoms. The maximum absolute atomic E-state index is 10.2. The summed E-state index contributed by atoms with van der Waals surface area (Å²) in [5.41, 5.74) is 6.35. The molecule has 0 saturated heterocycles. The topological polar surface area (TPSA) is 97.6 Å². The van der Waals surface area contributed by atoms with Crippen molar-refractivity contribution in [3.63, 3.8) is 0 Å². The summed E-state index contributed by atoms with van der Waals surface area (Å²) >= 11 is 3.46. The number of halogens is 1. The predicted molar refractivity (Wildman–Crippen MR) is 112 cm³/mol. The lowest BCUT2D eigenvalue weighted by molar-refractivity contribution is 0.160. The van der Waals surface area contributed by atoms with Gasteiger partial charge < -0.3 is 20.6 Å². The first-order valence-corrected chi connectivity index (χ1v) is 10.4. The maximum Gasteiger partial charge on any atom is 0.219 e. The Morgan fingerprint density at radius 1 is 1.48 bits per heavy atom. The van der Waals surface area contributed by atoms with Crippen molar-refractivity contribution >= 4 is 15.9 Å². The van der Waals surface area contributed by atoms with Crippen LogP contribution in [0.15, 0.2) is 41.3 Å². The zero-order valence-corrected chi connectivity index (χ0v) is 17.5. The van der Waals surface area contributed by atoms with Gasteiger partial charge in [-0.1, -0.05) is 25.8 Å². The van der Waals surface area contributed by atoms with Gasteiger partial charge in [-0.15, -0.1) is 0 Å². The molecule has 1 saturated carbocycles. The lowest BCUT2D eigenvalue weighted by Gasteiger charge is -2.21. The molecule has 0 amide bonds. The van der Waals surface area contributed by atoms with Gasteiger partial charge in [-0.05, 0) is 53.2 Å². The molecule has 2 atom stereocenters. The molecule has 2 unspecified atom stereocenters. The normalized spacial score (nSPS) is 18.0. The van der Waals surface area contributed by atoms with Crippen molar-refractivity contribution in [2.75, 3.05) is 6.54 Å². The minimum Gasteiger partial charge on any atom is -0.468 e. The van der Waals surface area contributed by atoms with Gasteiger partial charge in [0, 0.05) is 37.1 Å². The van der Waals surface area contributed by atoms with Crippen molar-refractivity contribution in [1.29, 1.82) is 0 Å². The zero-order chi connectivity index (χ0) is 19.6. The highest BCUT2D eigenvalue weighted by molar-refractivity contribution is 9.11. The molecule has 7 heteroatoms. The van der Waals surface area contributed by atoms with Gasteiger partial charge in [-0.2, -0.15) is 0 Å². The number of nitrogens with zero attached hydrogens (tertiary/aromatic N) is 2. The lowest BCUT2D eigenvalue weighted by atomic mass is 10.1. The summed E-state index contributed by atoms with van der Waals surface area (Å²) in [7, 11) is 0. The lowest BCUT2D eigenvalue weighted by Crippen LogP contribution is -2.30. The van der Waals surface area contributed by atoms with Crippen LogP contribution in [0.4, 0.5) is 0 Å². The van der Waals surface area contributed by atoms with Crippen LogP contribution < -0.4 is 16.3 Å². The van der Waals surface area contributed by atoms with Crippen LogP contribution in [0.25, 0.3) is 0 Å². The van der Waals surface area contributed by atoms with E-state index in [4.69, 9.17) is 16.3 Å².